The van der Waals surface area contributed by atoms with Crippen LogP contribution in [0.25, 0.3) is 0 Å². The van der Waals surface area contributed by atoms with Gasteiger partial charge in [-0.2, -0.15) is 4.99 Å². The molecule has 3 N–H and O–H groups in total. The zero-order valence-corrected chi connectivity index (χ0v) is 21.4. The lowest BCUT2D eigenvalue weighted by molar-refractivity contribution is 0.0772. The third kappa shape index (κ3) is 8.18. The van der Waals surface area contributed by atoms with Crippen LogP contribution in [0.3, 0.4) is 0 Å². The van der Waals surface area contributed by atoms with Crippen LogP contribution in [0.4, 0.5) is 10.5 Å². The fourth-order valence-electron chi connectivity index (χ4n) is 3.41. The average Bonchev–Trinajstić information content (AvgIpc) is 2.84. The lowest BCUT2D eigenvalue weighted by Crippen LogP contribution is -2.31. The SMILES string of the molecule is CCCCOC(=O)N=C(N)c1ccc(NCC#Cc2cc(C)c(C(=O)N(CC)CC)cc2C)cc1. The molecule has 0 aliphatic rings. The number of nitrogens with one attached hydrogen (secondary N) is 1. The van der Waals surface area contributed by atoms with Crippen molar-refractivity contribution >= 4 is 23.5 Å². The maximum atomic E-state index is 12.7. The van der Waals surface area contributed by atoms with Crippen LogP contribution in [0.1, 0.15) is 66.2 Å². The first-order valence-electron chi connectivity index (χ1n) is 12.0. The van der Waals surface area contributed by atoms with Crippen LogP contribution >= 0.6 is 0 Å². The number of hydrogen-bond acceptors (Lipinski definition) is 4. The number of hydrogen-bond donors (Lipinski definition) is 2. The van der Waals surface area contributed by atoms with Crippen molar-refractivity contribution in [1.29, 1.82) is 0 Å². The molecule has 0 spiro atoms. The number of aryl methyl sites for hydroxylation is 2. The van der Waals surface area contributed by atoms with Crippen LogP contribution in [-0.4, -0.2) is 49.0 Å². The summed E-state index contributed by atoms with van der Waals surface area (Å²) in [5.74, 6) is 6.50. The van der Waals surface area contributed by atoms with Crippen LogP contribution < -0.4 is 11.1 Å². The molecule has 0 bridgehead atoms. The van der Waals surface area contributed by atoms with E-state index in [-0.39, 0.29) is 11.7 Å². The molecule has 0 radical (unpaired) electrons. The number of aliphatic imine (C=N–C) groups is 1. The van der Waals surface area contributed by atoms with Crippen molar-refractivity contribution in [1.82, 2.24) is 4.90 Å². The van der Waals surface area contributed by atoms with Crippen LogP contribution in [0.15, 0.2) is 41.4 Å². The fraction of sp³-hybridized carbons (Fsp3) is 0.393. The molecule has 0 atom stereocenters. The van der Waals surface area contributed by atoms with E-state index < -0.39 is 6.09 Å². The maximum Gasteiger partial charge on any atom is 0.435 e. The molecule has 2 amide bonds. The molecule has 7 nitrogen and oxygen atoms in total. The zero-order valence-electron chi connectivity index (χ0n) is 21.4. The summed E-state index contributed by atoms with van der Waals surface area (Å²) in [7, 11) is 0. The van der Waals surface area contributed by atoms with Gasteiger partial charge in [-0.25, -0.2) is 4.79 Å². The Kier molecular flexibility index (Phi) is 10.8. The lowest BCUT2D eigenvalue weighted by atomic mass is 9.99. The minimum absolute atomic E-state index is 0.0549. The van der Waals surface area contributed by atoms with Gasteiger partial charge in [-0.05, 0) is 81.6 Å². The van der Waals surface area contributed by atoms with E-state index in [0.717, 1.165) is 40.8 Å². The van der Waals surface area contributed by atoms with Crippen molar-refractivity contribution < 1.29 is 14.3 Å². The Hall–Kier alpha value is -3.79. The fourth-order valence-corrected chi connectivity index (χ4v) is 3.41. The number of nitrogens with two attached hydrogens (primary N) is 1. The van der Waals surface area contributed by atoms with E-state index in [1.807, 2.05) is 63.8 Å². The van der Waals surface area contributed by atoms with Gasteiger partial charge in [0.05, 0.1) is 13.2 Å². The van der Waals surface area contributed by atoms with Crippen molar-refractivity contribution in [2.24, 2.45) is 10.7 Å². The van der Waals surface area contributed by atoms with Crippen molar-refractivity contribution in [3.05, 3.63) is 64.2 Å². The van der Waals surface area contributed by atoms with Crippen LogP contribution in [-0.2, 0) is 4.74 Å². The summed E-state index contributed by atoms with van der Waals surface area (Å²) in [6.07, 6.45) is 1.06. The number of carbonyl (C=O) groups excluding carboxylic acids is 2. The van der Waals surface area contributed by atoms with E-state index in [1.54, 1.807) is 12.1 Å². The van der Waals surface area contributed by atoms with Crippen molar-refractivity contribution in [2.75, 3.05) is 31.6 Å². The van der Waals surface area contributed by atoms with E-state index in [4.69, 9.17) is 10.5 Å². The predicted octanol–water partition coefficient (Wildman–Crippen LogP) is 4.89. The molecule has 2 aromatic rings. The molecule has 2 rings (SSSR count). The molecule has 0 aromatic heterocycles. The molecule has 7 heteroatoms. The molecule has 0 aliphatic heterocycles. The Morgan fingerprint density at radius 3 is 2.37 bits per heavy atom. The van der Waals surface area contributed by atoms with E-state index in [1.165, 1.54) is 0 Å². The van der Waals surface area contributed by atoms with Gasteiger partial charge in [-0.3, -0.25) is 4.79 Å². The maximum absolute atomic E-state index is 12.7. The number of unbranched alkanes of at least 4 members (excludes halogenated alkanes) is 1. The summed E-state index contributed by atoms with van der Waals surface area (Å²) in [6, 6.07) is 11.2. The zero-order chi connectivity index (χ0) is 25.8. The summed E-state index contributed by atoms with van der Waals surface area (Å²) in [4.78, 5) is 30.0. The van der Waals surface area contributed by atoms with Gasteiger partial charge in [-0.15, -0.1) is 0 Å². The number of ether oxygens (including phenoxy) is 1. The number of rotatable bonds is 9. The standard InChI is InChI=1S/C28H36N4O3/c1-6-9-17-35-28(34)31-26(29)22-12-14-24(15-13-22)30-16-10-11-23-18-21(5)25(19-20(23)4)27(33)32(7-2)8-3/h12-15,18-19,30H,6-9,16-17H2,1-5H3,(H2,29,31,34). The van der Waals surface area contributed by atoms with Gasteiger partial charge in [0.2, 0.25) is 0 Å². The van der Waals surface area contributed by atoms with Crippen LogP contribution in [0, 0.1) is 25.7 Å². The van der Waals surface area contributed by atoms with Gasteiger partial charge in [0.1, 0.15) is 5.84 Å². The largest absolute Gasteiger partial charge is 0.448 e. The Labute approximate surface area is 208 Å². The molecular formula is C28H36N4O3. The van der Waals surface area contributed by atoms with E-state index in [2.05, 4.69) is 22.2 Å². The monoisotopic (exact) mass is 476 g/mol. The number of nitrogens with zero attached hydrogens (tertiary/aromatic N) is 2. The molecule has 2 aromatic carbocycles. The van der Waals surface area contributed by atoms with Crippen LogP contribution in [0.2, 0.25) is 0 Å². The molecule has 0 saturated carbocycles. The molecule has 0 aliphatic carbocycles. The smallest absolute Gasteiger partial charge is 0.435 e. The molecule has 0 unspecified atom stereocenters. The Bertz CT molecular complexity index is 1110. The molecule has 0 saturated heterocycles. The van der Waals surface area contributed by atoms with E-state index >= 15 is 0 Å². The third-order valence-electron chi connectivity index (χ3n) is 5.57. The second kappa shape index (κ2) is 13.8. The number of anilines is 1. The highest BCUT2D eigenvalue weighted by molar-refractivity contribution is 6.02. The molecule has 186 valence electrons. The summed E-state index contributed by atoms with van der Waals surface area (Å²) >= 11 is 0. The van der Waals surface area contributed by atoms with Gasteiger partial charge in [0.15, 0.2) is 0 Å². The van der Waals surface area contributed by atoms with Gasteiger partial charge in [0.25, 0.3) is 5.91 Å². The van der Waals surface area contributed by atoms with Crippen LogP contribution in [0.5, 0.6) is 0 Å². The quantitative estimate of drug-likeness (QED) is 0.232. The topological polar surface area (TPSA) is 97.0 Å². The molecule has 35 heavy (non-hydrogen) atoms. The van der Waals surface area contributed by atoms with E-state index in [0.29, 0.717) is 31.8 Å². The van der Waals surface area contributed by atoms with Gasteiger partial charge in [0, 0.05) is 35.5 Å². The first-order valence-corrected chi connectivity index (χ1v) is 12.0. The molecule has 0 heterocycles. The normalized spacial score (nSPS) is 10.8. The minimum Gasteiger partial charge on any atom is -0.448 e. The summed E-state index contributed by atoms with van der Waals surface area (Å²) in [5, 5.41) is 3.24. The highest BCUT2D eigenvalue weighted by atomic mass is 16.5. The Morgan fingerprint density at radius 1 is 1.06 bits per heavy atom. The third-order valence-corrected chi connectivity index (χ3v) is 5.57. The highest BCUT2D eigenvalue weighted by Crippen LogP contribution is 2.17. The Balaban J connectivity index is 1.98. The van der Waals surface area contributed by atoms with Crippen molar-refractivity contribution in [3.63, 3.8) is 0 Å². The molecule has 0 fully saturated rings. The summed E-state index contributed by atoms with van der Waals surface area (Å²) < 4.78 is 5.00. The minimum atomic E-state index is -0.676. The number of benzene rings is 2. The first kappa shape index (κ1) is 27.5. The second-order valence-corrected chi connectivity index (χ2v) is 8.16. The summed E-state index contributed by atoms with van der Waals surface area (Å²) in [6.45, 7) is 12.1. The second-order valence-electron chi connectivity index (χ2n) is 8.16. The van der Waals surface area contributed by atoms with Crippen molar-refractivity contribution in [2.45, 2.75) is 47.5 Å². The first-order chi connectivity index (χ1) is 16.8. The van der Waals surface area contributed by atoms with E-state index in [9.17, 15) is 9.59 Å². The number of carbonyl (C=O) groups is 2. The van der Waals surface area contributed by atoms with Gasteiger partial charge in [-0.1, -0.05) is 25.2 Å². The Morgan fingerprint density at radius 2 is 1.74 bits per heavy atom. The lowest BCUT2D eigenvalue weighted by Gasteiger charge is -2.20. The number of amides is 2. The van der Waals surface area contributed by atoms with Gasteiger partial charge >= 0.3 is 6.09 Å². The number of amidine groups is 1. The summed E-state index contributed by atoms with van der Waals surface area (Å²) in [5.41, 5.74) is 11.0. The predicted molar refractivity (Wildman–Crippen MR) is 142 cm³/mol. The molecular weight excluding hydrogens is 440 g/mol. The van der Waals surface area contributed by atoms with Crippen molar-refractivity contribution in [3.8, 4) is 11.8 Å². The highest BCUT2D eigenvalue weighted by Gasteiger charge is 2.16. The average molecular weight is 477 g/mol. The van der Waals surface area contributed by atoms with Gasteiger partial charge < -0.3 is 20.7 Å².